The standard InChI is InChI=1S/C22H31N3O3/c1-15-13-18(23-27-15)20-14-19(24-28-20)21(26)25(16-7-5-4-6-8-16)17-9-11-22(2,3)12-10-17/h13-14,16-17H,4-12H2,1-3H3. The highest BCUT2D eigenvalue weighted by atomic mass is 16.5. The number of nitrogens with zero attached hydrogens (tertiary/aromatic N) is 3. The van der Waals surface area contributed by atoms with Crippen molar-refractivity contribution in [2.75, 3.05) is 0 Å². The number of hydrogen-bond acceptors (Lipinski definition) is 5. The molecule has 2 aromatic rings. The Kier molecular flexibility index (Phi) is 5.30. The molecule has 4 rings (SSSR count). The SMILES string of the molecule is Cc1cc(-c2cc(C(=O)N(C3CCCCC3)C3CCC(C)(C)CC3)no2)no1. The number of amides is 1. The Morgan fingerprint density at radius 1 is 1.00 bits per heavy atom. The third-order valence-corrected chi connectivity index (χ3v) is 6.51. The molecule has 0 saturated heterocycles. The van der Waals surface area contributed by atoms with Gasteiger partial charge in [-0.05, 0) is 50.9 Å². The fraction of sp³-hybridized carbons (Fsp3) is 0.682. The zero-order valence-electron chi connectivity index (χ0n) is 17.2. The fourth-order valence-corrected chi connectivity index (χ4v) is 4.76. The van der Waals surface area contributed by atoms with Crippen molar-refractivity contribution in [3.8, 4) is 11.5 Å². The van der Waals surface area contributed by atoms with Gasteiger partial charge in [0.1, 0.15) is 5.76 Å². The van der Waals surface area contributed by atoms with Crippen LogP contribution in [0, 0.1) is 12.3 Å². The summed E-state index contributed by atoms with van der Waals surface area (Å²) in [6.45, 7) is 6.49. The van der Waals surface area contributed by atoms with Gasteiger partial charge in [-0.25, -0.2) is 0 Å². The lowest BCUT2D eigenvalue weighted by molar-refractivity contribution is 0.0351. The van der Waals surface area contributed by atoms with Crippen molar-refractivity contribution in [3.63, 3.8) is 0 Å². The van der Waals surface area contributed by atoms with Crippen LogP contribution in [0.5, 0.6) is 0 Å². The van der Waals surface area contributed by atoms with Crippen LogP contribution in [-0.4, -0.2) is 33.2 Å². The van der Waals surface area contributed by atoms with Crippen molar-refractivity contribution < 1.29 is 13.8 Å². The second-order valence-electron chi connectivity index (χ2n) is 9.30. The van der Waals surface area contributed by atoms with E-state index in [1.165, 1.54) is 19.3 Å². The Hall–Kier alpha value is -2.11. The molecule has 6 heteroatoms. The minimum atomic E-state index is 0.00632. The number of aryl methyl sites for hydroxylation is 1. The molecule has 0 atom stereocenters. The first-order valence-electron chi connectivity index (χ1n) is 10.7. The predicted octanol–water partition coefficient (Wildman–Crippen LogP) is 5.38. The first-order chi connectivity index (χ1) is 13.4. The van der Waals surface area contributed by atoms with Gasteiger partial charge in [0.15, 0.2) is 17.1 Å². The summed E-state index contributed by atoms with van der Waals surface area (Å²) >= 11 is 0. The highest BCUT2D eigenvalue weighted by Crippen LogP contribution is 2.39. The molecule has 6 nitrogen and oxygen atoms in total. The van der Waals surface area contributed by atoms with Crippen molar-refractivity contribution in [3.05, 3.63) is 23.6 Å². The first-order valence-corrected chi connectivity index (χ1v) is 10.7. The summed E-state index contributed by atoms with van der Waals surface area (Å²) in [6, 6.07) is 4.12. The van der Waals surface area contributed by atoms with Crippen molar-refractivity contribution >= 4 is 5.91 Å². The largest absolute Gasteiger partial charge is 0.361 e. The van der Waals surface area contributed by atoms with Crippen LogP contribution >= 0.6 is 0 Å². The Morgan fingerprint density at radius 2 is 1.68 bits per heavy atom. The minimum Gasteiger partial charge on any atom is -0.361 e. The monoisotopic (exact) mass is 385 g/mol. The molecular weight excluding hydrogens is 354 g/mol. The minimum absolute atomic E-state index is 0.00632. The zero-order chi connectivity index (χ0) is 19.7. The van der Waals surface area contributed by atoms with E-state index in [0.29, 0.717) is 40.4 Å². The number of carbonyl (C=O) groups is 1. The Morgan fingerprint density at radius 3 is 2.32 bits per heavy atom. The van der Waals surface area contributed by atoms with Gasteiger partial charge in [-0.3, -0.25) is 4.79 Å². The van der Waals surface area contributed by atoms with Crippen LogP contribution in [0.4, 0.5) is 0 Å². The van der Waals surface area contributed by atoms with E-state index in [2.05, 4.69) is 29.1 Å². The van der Waals surface area contributed by atoms with Gasteiger partial charge in [0.2, 0.25) is 0 Å². The smallest absolute Gasteiger partial charge is 0.276 e. The molecule has 2 aliphatic carbocycles. The summed E-state index contributed by atoms with van der Waals surface area (Å²) < 4.78 is 10.5. The highest BCUT2D eigenvalue weighted by molar-refractivity contribution is 5.93. The van der Waals surface area contributed by atoms with Crippen LogP contribution in [-0.2, 0) is 0 Å². The van der Waals surface area contributed by atoms with Gasteiger partial charge in [0.05, 0.1) is 0 Å². The predicted molar refractivity (Wildman–Crippen MR) is 106 cm³/mol. The van der Waals surface area contributed by atoms with E-state index in [0.717, 1.165) is 38.5 Å². The van der Waals surface area contributed by atoms with Crippen molar-refractivity contribution in [1.29, 1.82) is 0 Å². The van der Waals surface area contributed by atoms with Gasteiger partial charge >= 0.3 is 0 Å². The van der Waals surface area contributed by atoms with E-state index in [1.54, 1.807) is 12.1 Å². The van der Waals surface area contributed by atoms with Crippen LogP contribution in [0.2, 0.25) is 0 Å². The molecule has 0 aromatic carbocycles. The summed E-state index contributed by atoms with van der Waals surface area (Å²) in [5, 5.41) is 8.06. The van der Waals surface area contributed by atoms with Gasteiger partial charge < -0.3 is 13.9 Å². The Balaban J connectivity index is 1.57. The molecule has 2 saturated carbocycles. The molecule has 2 aromatic heterocycles. The molecule has 1 amide bonds. The molecule has 2 aliphatic rings. The maximum atomic E-state index is 13.5. The molecule has 0 spiro atoms. The average molecular weight is 386 g/mol. The fourth-order valence-electron chi connectivity index (χ4n) is 4.76. The molecule has 0 aliphatic heterocycles. The van der Waals surface area contributed by atoms with Crippen LogP contribution in [0.15, 0.2) is 21.2 Å². The number of rotatable bonds is 4. The van der Waals surface area contributed by atoms with E-state index >= 15 is 0 Å². The number of hydrogen-bond donors (Lipinski definition) is 0. The van der Waals surface area contributed by atoms with Crippen molar-refractivity contribution in [1.82, 2.24) is 15.2 Å². The van der Waals surface area contributed by atoms with E-state index in [1.807, 2.05) is 6.92 Å². The molecule has 152 valence electrons. The van der Waals surface area contributed by atoms with Gasteiger partial charge in [0.25, 0.3) is 5.91 Å². The summed E-state index contributed by atoms with van der Waals surface area (Å²) in [4.78, 5) is 15.7. The van der Waals surface area contributed by atoms with E-state index in [9.17, 15) is 4.79 Å². The average Bonchev–Trinajstić information content (AvgIpc) is 3.33. The molecule has 0 radical (unpaired) electrons. The van der Waals surface area contributed by atoms with Gasteiger partial charge in [-0.15, -0.1) is 0 Å². The lowest BCUT2D eigenvalue weighted by atomic mass is 9.74. The summed E-state index contributed by atoms with van der Waals surface area (Å²) in [5.41, 5.74) is 1.34. The molecule has 2 fully saturated rings. The van der Waals surface area contributed by atoms with Crippen LogP contribution in [0.25, 0.3) is 11.5 Å². The zero-order valence-corrected chi connectivity index (χ0v) is 17.2. The number of aromatic nitrogens is 2. The van der Waals surface area contributed by atoms with Gasteiger partial charge in [-0.1, -0.05) is 43.4 Å². The molecule has 0 bridgehead atoms. The van der Waals surface area contributed by atoms with Gasteiger partial charge in [0, 0.05) is 24.2 Å². The highest BCUT2D eigenvalue weighted by Gasteiger charge is 2.37. The molecule has 2 heterocycles. The van der Waals surface area contributed by atoms with E-state index in [-0.39, 0.29) is 5.91 Å². The summed E-state index contributed by atoms with van der Waals surface area (Å²) in [6.07, 6.45) is 10.3. The van der Waals surface area contributed by atoms with Gasteiger partial charge in [-0.2, -0.15) is 0 Å². The quantitative estimate of drug-likeness (QED) is 0.706. The van der Waals surface area contributed by atoms with Crippen molar-refractivity contribution in [2.24, 2.45) is 5.41 Å². The Labute approximate surface area is 166 Å². The Bertz CT molecular complexity index is 807. The number of carbonyl (C=O) groups excluding carboxylic acids is 1. The normalized spacial score (nSPS) is 21.0. The summed E-state index contributed by atoms with van der Waals surface area (Å²) in [5.74, 6) is 1.19. The van der Waals surface area contributed by atoms with Crippen molar-refractivity contribution in [2.45, 2.75) is 90.6 Å². The maximum absolute atomic E-state index is 13.5. The first kappa shape index (κ1) is 19.2. The van der Waals surface area contributed by atoms with E-state index in [4.69, 9.17) is 9.05 Å². The van der Waals surface area contributed by atoms with Crippen LogP contribution < -0.4 is 0 Å². The molecule has 0 unspecified atom stereocenters. The molecular formula is C22H31N3O3. The topological polar surface area (TPSA) is 72.4 Å². The lowest BCUT2D eigenvalue weighted by Gasteiger charge is -2.44. The van der Waals surface area contributed by atoms with Crippen LogP contribution in [0.1, 0.15) is 87.9 Å². The van der Waals surface area contributed by atoms with E-state index < -0.39 is 0 Å². The second kappa shape index (κ2) is 7.72. The molecule has 28 heavy (non-hydrogen) atoms. The third kappa shape index (κ3) is 4.01. The third-order valence-electron chi connectivity index (χ3n) is 6.51. The molecule has 0 N–H and O–H groups in total. The lowest BCUT2D eigenvalue weighted by Crippen LogP contribution is -2.50. The van der Waals surface area contributed by atoms with Crippen LogP contribution in [0.3, 0.4) is 0 Å². The second-order valence-corrected chi connectivity index (χ2v) is 9.30. The summed E-state index contributed by atoms with van der Waals surface area (Å²) in [7, 11) is 0. The maximum Gasteiger partial charge on any atom is 0.276 e.